The van der Waals surface area contributed by atoms with E-state index in [0.29, 0.717) is 0 Å². The fourth-order valence-electron chi connectivity index (χ4n) is 1.10. The highest BCUT2D eigenvalue weighted by molar-refractivity contribution is 5.53. The summed E-state index contributed by atoms with van der Waals surface area (Å²) < 4.78 is 0. The van der Waals surface area contributed by atoms with Gasteiger partial charge in [0.1, 0.15) is 0 Å². The molecule has 0 nitrogen and oxygen atoms in total. The summed E-state index contributed by atoms with van der Waals surface area (Å²) in [5.41, 5.74) is 6.54. The minimum Gasteiger partial charge on any atom is -0.128 e. The van der Waals surface area contributed by atoms with E-state index in [-0.39, 0.29) is 0 Å². The van der Waals surface area contributed by atoms with Crippen LogP contribution >= 0.6 is 0 Å². The molecule has 0 unspecified atom stereocenters. The second-order valence-corrected chi connectivity index (χ2v) is 2.71. The maximum absolute atomic E-state index is 3.54. The van der Waals surface area contributed by atoms with E-state index >= 15 is 0 Å². The minimum absolute atomic E-state index is 1.20. The molecule has 0 heteroatoms. The zero-order valence-corrected chi connectivity index (χ0v) is 7.02. The van der Waals surface area contributed by atoms with Gasteiger partial charge in [-0.05, 0) is 31.1 Å². The topological polar surface area (TPSA) is 0 Å². The third-order valence-corrected chi connectivity index (χ3v) is 1.68. The van der Waals surface area contributed by atoms with Gasteiger partial charge in [-0.1, -0.05) is 30.3 Å². The van der Waals surface area contributed by atoms with Gasteiger partial charge in [0, 0.05) is 0 Å². The third kappa shape index (κ3) is 1.83. The van der Waals surface area contributed by atoms with Crippen LogP contribution in [0.1, 0.15) is 16.7 Å². The third-order valence-electron chi connectivity index (χ3n) is 1.68. The molecule has 11 heavy (non-hydrogen) atoms. The van der Waals surface area contributed by atoms with E-state index in [4.69, 9.17) is 0 Å². The second kappa shape index (κ2) is 3.23. The standard InChI is InChI=1S/C11H12/c1-4-5-11-7-6-9(2)8-10(11)3/h5-8H,1H2,2-3H3. The van der Waals surface area contributed by atoms with Gasteiger partial charge in [0.15, 0.2) is 0 Å². The highest BCUT2D eigenvalue weighted by Gasteiger charge is 1.92. The van der Waals surface area contributed by atoms with Gasteiger partial charge in [-0.3, -0.25) is 0 Å². The van der Waals surface area contributed by atoms with E-state index in [1.807, 2.05) is 6.08 Å². The van der Waals surface area contributed by atoms with Crippen molar-refractivity contribution in [1.29, 1.82) is 0 Å². The smallest absolute Gasteiger partial charge is 0.0131 e. The van der Waals surface area contributed by atoms with Crippen molar-refractivity contribution in [3.8, 4) is 0 Å². The van der Waals surface area contributed by atoms with Crippen molar-refractivity contribution in [3.05, 3.63) is 47.2 Å². The summed E-state index contributed by atoms with van der Waals surface area (Å²) in [7, 11) is 0. The largest absolute Gasteiger partial charge is 0.128 e. The Morgan fingerprint density at radius 2 is 2.09 bits per heavy atom. The van der Waals surface area contributed by atoms with Gasteiger partial charge >= 0.3 is 0 Å². The summed E-state index contributed by atoms with van der Waals surface area (Å²) in [5, 5.41) is 0. The van der Waals surface area contributed by atoms with E-state index < -0.39 is 0 Å². The van der Waals surface area contributed by atoms with Crippen LogP contribution in [0.15, 0.2) is 30.5 Å². The van der Waals surface area contributed by atoms with Crippen LogP contribution in [-0.2, 0) is 0 Å². The van der Waals surface area contributed by atoms with Crippen LogP contribution in [0, 0.1) is 13.8 Å². The molecule has 0 fully saturated rings. The molecule has 0 aliphatic heterocycles. The summed E-state index contributed by atoms with van der Waals surface area (Å²) in [5.74, 6) is 0. The lowest BCUT2D eigenvalue weighted by Gasteiger charge is -1.99. The summed E-state index contributed by atoms with van der Waals surface area (Å²) in [6, 6.07) is 6.34. The highest BCUT2D eigenvalue weighted by Crippen LogP contribution is 2.10. The molecule has 0 aliphatic rings. The molecule has 0 atom stereocenters. The number of hydrogen-bond donors (Lipinski definition) is 0. The van der Waals surface area contributed by atoms with E-state index in [1.54, 1.807) is 0 Å². The normalized spacial score (nSPS) is 8.91. The van der Waals surface area contributed by atoms with Crippen molar-refractivity contribution in [2.45, 2.75) is 13.8 Å². The van der Waals surface area contributed by atoms with Gasteiger partial charge in [0.25, 0.3) is 0 Å². The zero-order chi connectivity index (χ0) is 8.27. The SMILES string of the molecule is C=C=Cc1ccc(C)cc1C. The first-order chi connectivity index (χ1) is 5.24. The van der Waals surface area contributed by atoms with Crippen LogP contribution in [0.25, 0.3) is 6.08 Å². The predicted molar refractivity (Wildman–Crippen MR) is 49.5 cm³/mol. The Hall–Kier alpha value is -1.26. The first-order valence-electron chi connectivity index (χ1n) is 3.67. The van der Waals surface area contributed by atoms with Crippen molar-refractivity contribution in [3.63, 3.8) is 0 Å². The summed E-state index contributed by atoms with van der Waals surface area (Å²) in [6.45, 7) is 7.72. The van der Waals surface area contributed by atoms with E-state index in [0.717, 1.165) is 0 Å². The second-order valence-electron chi connectivity index (χ2n) is 2.71. The van der Waals surface area contributed by atoms with E-state index in [2.05, 4.69) is 44.4 Å². The molecule has 0 spiro atoms. The van der Waals surface area contributed by atoms with Gasteiger partial charge in [-0.2, -0.15) is 0 Å². The van der Waals surface area contributed by atoms with Gasteiger partial charge in [-0.25, -0.2) is 0 Å². The molecule has 0 N–H and O–H groups in total. The molecular weight excluding hydrogens is 132 g/mol. The fourth-order valence-corrected chi connectivity index (χ4v) is 1.10. The average Bonchev–Trinajstić information content (AvgIpc) is 1.95. The molecule has 56 valence electrons. The lowest BCUT2D eigenvalue weighted by molar-refractivity contribution is 1.37. The Balaban J connectivity index is 3.19. The number of rotatable bonds is 1. The molecular formula is C11H12. The lowest BCUT2D eigenvalue weighted by atomic mass is 10.1. The molecule has 1 aromatic carbocycles. The Kier molecular flexibility index (Phi) is 2.30. The Morgan fingerprint density at radius 3 is 2.64 bits per heavy atom. The molecule has 0 amide bonds. The summed E-state index contributed by atoms with van der Waals surface area (Å²) >= 11 is 0. The zero-order valence-electron chi connectivity index (χ0n) is 7.02. The molecule has 0 aromatic heterocycles. The first kappa shape index (κ1) is 7.84. The minimum atomic E-state index is 1.20. The number of hydrogen-bond acceptors (Lipinski definition) is 0. The van der Waals surface area contributed by atoms with Gasteiger partial charge < -0.3 is 0 Å². The molecule has 0 saturated carbocycles. The van der Waals surface area contributed by atoms with Gasteiger partial charge in [0.05, 0.1) is 0 Å². The monoisotopic (exact) mass is 144 g/mol. The highest BCUT2D eigenvalue weighted by atomic mass is 14.0. The van der Waals surface area contributed by atoms with E-state index in [1.165, 1.54) is 16.7 Å². The quantitative estimate of drug-likeness (QED) is 0.531. The Bertz CT molecular complexity index is 302. The van der Waals surface area contributed by atoms with Crippen molar-refractivity contribution >= 4 is 6.08 Å². The average molecular weight is 144 g/mol. The lowest BCUT2D eigenvalue weighted by Crippen LogP contribution is -1.80. The molecule has 1 rings (SSSR count). The summed E-state index contributed by atoms with van der Waals surface area (Å²) in [6.07, 6.45) is 1.90. The van der Waals surface area contributed by atoms with Crippen LogP contribution in [-0.4, -0.2) is 0 Å². The van der Waals surface area contributed by atoms with Gasteiger partial charge in [0.2, 0.25) is 0 Å². The van der Waals surface area contributed by atoms with Crippen LogP contribution < -0.4 is 0 Å². The van der Waals surface area contributed by atoms with Crippen molar-refractivity contribution in [2.75, 3.05) is 0 Å². The van der Waals surface area contributed by atoms with Crippen molar-refractivity contribution in [1.82, 2.24) is 0 Å². The number of aryl methyl sites for hydroxylation is 2. The first-order valence-corrected chi connectivity index (χ1v) is 3.67. The van der Waals surface area contributed by atoms with Crippen molar-refractivity contribution in [2.24, 2.45) is 0 Å². The summed E-state index contributed by atoms with van der Waals surface area (Å²) in [4.78, 5) is 0. The molecule has 0 heterocycles. The van der Waals surface area contributed by atoms with Gasteiger partial charge in [-0.15, -0.1) is 5.73 Å². The fraction of sp³-hybridized carbons (Fsp3) is 0.182. The Labute approximate surface area is 67.9 Å². The molecule has 0 saturated heterocycles. The maximum Gasteiger partial charge on any atom is -0.0131 e. The molecule has 1 aromatic rings. The molecule has 0 aliphatic carbocycles. The molecule has 0 bridgehead atoms. The maximum atomic E-state index is 3.54. The van der Waals surface area contributed by atoms with E-state index in [9.17, 15) is 0 Å². The number of benzene rings is 1. The van der Waals surface area contributed by atoms with Crippen LogP contribution in [0.2, 0.25) is 0 Å². The van der Waals surface area contributed by atoms with Crippen molar-refractivity contribution < 1.29 is 0 Å². The van der Waals surface area contributed by atoms with Crippen LogP contribution in [0.4, 0.5) is 0 Å². The Morgan fingerprint density at radius 1 is 1.36 bits per heavy atom. The predicted octanol–water partition coefficient (Wildman–Crippen LogP) is 3.10. The molecule has 0 radical (unpaired) electrons. The van der Waals surface area contributed by atoms with Crippen LogP contribution in [0.3, 0.4) is 0 Å². The van der Waals surface area contributed by atoms with Crippen LogP contribution in [0.5, 0.6) is 0 Å².